The lowest BCUT2D eigenvalue weighted by Gasteiger charge is -2.37. The number of carbonyl (C=O) groups excluding carboxylic acids is 5. The minimum Gasteiger partial charge on any atom is -0.480 e. The average Bonchev–Trinajstić information content (AvgIpc) is 1.43. The maximum atomic E-state index is 15.3. The number of nitrogens with one attached hydrogen (secondary N) is 3. The normalized spacial score (nSPS) is 14.4. The van der Waals surface area contributed by atoms with Crippen LogP contribution in [0, 0.1) is 41.4 Å². The molecule has 0 bridgehead atoms. The molecule has 1 aromatic heterocycles. The number of carbonyl (C=O) groups is 6. The van der Waals surface area contributed by atoms with Crippen LogP contribution in [0.15, 0.2) is 152 Å². The monoisotopic (exact) mass is 1870 g/mol. The molecule has 38 heteroatoms. The van der Waals surface area contributed by atoms with Gasteiger partial charge in [0.2, 0.25) is 0 Å². The summed E-state index contributed by atoms with van der Waals surface area (Å²) in [5.41, 5.74) is 5.70. The molecule has 6 N–H and O–H groups in total. The number of ether oxygens (including phenoxy) is 2. The van der Waals surface area contributed by atoms with Crippen LogP contribution in [0.2, 0.25) is 0 Å². The van der Waals surface area contributed by atoms with E-state index in [0.29, 0.717) is 12.8 Å². The van der Waals surface area contributed by atoms with E-state index in [-0.39, 0.29) is 80.9 Å². The van der Waals surface area contributed by atoms with E-state index < -0.39 is 107 Å². The van der Waals surface area contributed by atoms with E-state index in [1.807, 2.05) is 121 Å². The molecular formula is C79H104F12N4O10P6S6. The number of nitrogens with zero attached hydrogens (tertiary/aromatic N) is 1. The number of aromatic amines is 1. The molecule has 14 nitrogen and oxygen atoms in total. The second-order valence-corrected chi connectivity index (χ2v) is 40.5. The molecule has 0 radical (unpaired) electrons. The Bertz CT molecular complexity index is 3750. The van der Waals surface area contributed by atoms with Gasteiger partial charge in [-0.3, -0.25) is 19.7 Å². The average molecular weight is 1880 g/mol. The molecule has 0 fully saturated rings. The number of amides is 1. The number of aliphatic carboxylic acids is 1. The number of fused-ring (bicyclic) bond motifs is 3. The third-order valence-corrected chi connectivity index (χ3v) is 26.3. The first kappa shape index (κ1) is 116. The molecule has 1 amide bonds. The molecule has 0 unspecified atom stereocenters. The van der Waals surface area contributed by atoms with Gasteiger partial charge in [-0.1, -0.05) is 222 Å². The predicted molar refractivity (Wildman–Crippen MR) is 468 cm³/mol. The molecule has 1 aliphatic carbocycles. The summed E-state index contributed by atoms with van der Waals surface area (Å²) >= 11 is 26.5. The fourth-order valence-electron chi connectivity index (χ4n) is 11.5. The van der Waals surface area contributed by atoms with E-state index >= 15 is 4.79 Å². The van der Waals surface area contributed by atoms with Crippen LogP contribution in [-0.2, 0) is 116 Å². The van der Waals surface area contributed by atoms with Gasteiger partial charge >= 0.3 is 42.7 Å². The van der Waals surface area contributed by atoms with Crippen LogP contribution < -0.4 is 10.6 Å². The van der Waals surface area contributed by atoms with Crippen molar-refractivity contribution in [1.82, 2.24) is 20.6 Å². The van der Waals surface area contributed by atoms with E-state index in [1.165, 1.54) is 41.5 Å². The largest absolute Gasteiger partial charge is 0.480 e. The molecule has 5 aromatic carbocycles. The van der Waals surface area contributed by atoms with E-state index in [9.17, 15) is 76.7 Å². The van der Waals surface area contributed by atoms with E-state index in [4.69, 9.17) is 14.6 Å². The fourth-order valence-corrected chi connectivity index (χ4v) is 11.5. The molecule has 0 spiro atoms. The quantitative estimate of drug-likeness (QED) is 0.0148. The Morgan fingerprint density at radius 2 is 0.872 bits per heavy atom. The first-order chi connectivity index (χ1) is 53.6. The Balaban J connectivity index is -0.00000153. The van der Waals surface area contributed by atoms with Crippen LogP contribution in [0.3, 0.4) is 0 Å². The van der Waals surface area contributed by atoms with Gasteiger partial charge in [0.05, 0.1) is 30.1 Å². The van der Waals surface area contributed by atoms with Gasteiger partial charge in [-0.05, 0) is 174 Å². The molecule has 117 heavy (non-hydrogen) atoms. The van der Waals surface area contributed by atoms with Crippen LogP contribution in [-0.4, -0.2) is 111 Å². The van der Waals surface area contributed by atoms with Crippen molar-refractivity contribution in [3.8, 4) is 11.1 Å². The number of halogens is 12. The third kappa shape index (κ3) is 43.4. The van der Waals surface area contributed by atoms with Crippen molar-refractivity contribution >= 4 is 148 Å². The molecule has 6 aromatic rings. The number of benzene rings is 5. The SMILES string of the molecule is C.CC(=O)C[C@@H](C)[C@H](C)C(F)(F)F.CC(=O)C[C@@H](C)[C@H](N[C@@H](CCC(=O)OC(C)(C)C)C(=O)O)C(F)(F)F.CC[C@@H](C)[C@H](C)C(F)(F)F.CC[C@@H](C)[C@H](C)C(F)(F)F.O.O=C(N[C@@H](Cc1cnc[nH]1)C(=O)C(c1ccccc1)(c1ccccc1)c1ccccc1)OCC1c2ccccc2-c2ccccc21.S=PP=S.S=PP=S.S=PP=S. The third-order valence-electron chi connectivity index (χ3n) is 18.3. The number of rotatable bonds is 29. The van der Waals surface area contributed by atoms with E-state index in [1.54, 1.807) is 61.0 Å². The number of carboxylic acids is 1. The number of H-pyrrole nitrogens is 1. The van der Waals surface area contributed by atoms with Crippen molar-refractivity contribution in [3.05, 3.63) is 186 Å². The highest BCUT2D eigenvalue weighted by atomic mass is 32.7. The minimum absolute atomic E-state index is 0. The number of aromatic nitrogens is 2. The molecule has 1 aliphatic rings. The Hall–Kier alpha value is -5.27. The number of imidazole rings is 1. The van der Waals surface area contributed by atoms with Crippen LogP contribution >= 0.6 is 42.3 Å². The number of alkyl halides is 12. The van der Waals surface area contributed by atoms with Crippen LogP contribution in [0.1, 0.15) is 182 Å². The summed E-state index contributed by atoms with van der Waals surface area (Å²) in [6.07, 6.45) is -14.0. The highest BCUT2D eigenvalue weighted by Crippen LogP contribution is 2.46. The molecular weight excluding hydrogens is 1770 g/mol. The van der Waals surface area contributed by atoms with Gasteiger partial charge < -0.3 is 39.9 Å². The zero-order valence-corrected chi connectivity index (χ0v) is 76.5. The van der Waals surface area contributed by atoms with Crippen LogP contribution in [0.4, 0.5) is 57.5 Å². The second-order valence-electron chi connectivity index (χ2n) is 27.7. The molecule has 0 aliphatic heterocycles. The number of Topliss-reactive ketones (excluding diaryl/α,β-unsaturated/α-hetero) is 3. The zero-order chi connectivity index (χ0) is 88.3. The molecule has 0 saturated carbocycles. The lowest BCUT2D eigenvalue weighted by molar-refractivity contribution is -0.183. The second kappa shape index (κ2) is 58.7. The van der Waals surface area contributed by atoms with Gasteiger partial charge in [0.25, 0.3) is 0 Å². The van der Waals surface area contributed by atoms with Gasteiger partial charge in [-0.25, -0.2) is 9.78 Å². The topological polar surface area (TPSA) is 225 Å². The standard InChI is InChI=1S/C40H33N3O3.C16H26F3NO5.C8H13F3O.2C7H13F3.CH4.H2O.3P2S2/c44-38(40(28-14-4-1-5-15-28,29-16-6-2-7-17-29)30-18-8-3-9-19-30)37(24-31-25-41-27-42-31)43-39(45)46-26-36-34-22-12-10-20-32(34)33-21-11-13-23-35(33)36;1-9(8-10(2)21)13(16(17,18)19)20-11(14(23)24)6-7-12(22)25-15(3,4)5;1-5(4-6(2)12)7(3)8(9,10)11;2*1-4-5(2)6(3)7(8,9)10;;;3*3-1-2-4/h1-23,25,27,36-37H,24,26H2,(H,41,42)(H,43,45);9,11,13,20H,6-8H2,1-5H3,(H,23,24);5,7H,4H2,1-3H3;2*5-6H,4H2,1-3H3;1H4;1H2;;;/t37-;9-,11+,13+;5-,7+;2*5-,6+;;;;;/m01111...../s1. The summed E-state index contributed by atoms with van der Waals surface area (Å²) < 4.78 is 158. The number of hydrogen-bond donors (Lipinski definition) is 4. The summed E-state index contributed by atoms with van der Waals surface area (Å²) in [5.74, 6) is -9.13. The Morgan fingerprint density at radius 1 is 0.521 bits per heavy atom. The molecule has 10 atom stereocenters. The number of carboxylic acid groups (broad SMARTS) is 1. The molecule has 0 saturated heterocycles. The molecule has 7 rings (SSSR count). The fraction of sp³-hybridized carbons (Fsp3) is 0.506. The molecule has 650 valence electrons. The van der Waals surface area contributed by atoms with Crippen molar-refractivity contribution in [2.24, 2.45) is 41.4 Å². The number of esters is 1. The lowest BCUT2D eigenvalue weighted by Crippen LogP contribution is -2.53. The number of ketones is 3. The zero-order valence-electron chi connectivity index (χ0n) is 66.3. The number of alkyl carbamates (subject to hydrolysis) is 1. The molecule has 1 heterocycles. The lowest BCUT2D eigenvalue weighted by atomic mass is 9.64. The van der Waals surface area contributed by atoms with Gasteiger partial charge in [0, 0.05) is 85.8 Å². The highest BCUT2D eigenvalue weighted by Gasteiger charge is 2.49. The Morgan fingerprint density at radius 3 is 1.17 bits per heavy atom. The van der Waals surface area contributed by atoms with Gasteiger partial charge in [-0.15, -0.1) is 0 Å². The summed E-state index contributed by atoms with van der Waals surface area (Å²) in [6, 6.07) is 41.0. The maximum Gasteiger partial charge on any atom is 0.407 e. The maximum absolute atomic E-state index is 15.3. The van der Waals surface area contributed by atoms with Crippen molar-refractivity contribution in [2.45, 2.75) is 209 Å². The van der Waals surface area contributed by atoms with Gasteiger partial charge in [-0.2, -0.15) is 52.7 Å². The van der Waals surface area contributed by atoms with Crippen molar-refractivity contribution in [3.63, 3.8) is 0 Å². The van der Waals surface area contributed by atoms with Crippen molar-refractivity contribution < 1.29 is 102 Å². The van der Waals surface area contributed by atoms with E-state index in [0.717, 1.165) is 93.8 Å². The summed E-state index contributed by atoms with van der Waals surface area (Å²) in [4.78, 5) is 80.8. The van der Waals surface area contributed by atoms with Crippen LogP contribution in [0.25, 0.3) is 11.1 Å². The number of hydrogen-bond acceptors (Lipinski definition) is 16. The first-order valence-corrected chi connectivity index (χ1v) is 49.3. The van der Waals surface area contributed by atoms with Gasteiger partial charge in [0.1, 0.15) is 41.3 Å². The highest BCUT2D eigenvalue weighted by molar-refractivity contribution is 8.41. The predicted octanol–water partition coefficient (Wildman–Crippen LogP) is 24.4. The smallest absolute Gasteiger partial charge is 0.407 e. The summed E-state index contributed by atoms with van der Waals surface area (Å²) in [5, 5.41) is 14.2. The minimum atomic E-state index is -4.73. The summed E-state index contributed by atoms with van der Waals surface area (Å²) in [6.45, 7) is 20.5. The Kier molecular flexibility index (Phi) is 58.1. The van der Waals surface area contributed by atoms with E-state index in [2.05, 4.69) is 110 Å². The summed E-state index contributed by atoms with van der Waals surface area (Å²) in [7, 11) is 5.21. The van der Waals surface area contributed by atoms with Crippen molar-refractivity contribution in [2.75, 3.05) is 6.61 Å². The van der Waals surface area contributed by atoms with Gasteiger partial charge in [0.15, 0.2) is 5.78 Å². The first-order valence-electron chi connectivity index (χ1n) is 35.8. The Labute approximate surface area is 719 Å². The van der Waals surface area contributed by atoms with Crippen molar-refractivity contribution in [1.29, 1.82) is 0 Å². The van der Waals surface area contributed by atoms with Crippen LogP contribution in [0.5, 0.6) is 0 Å².